The Bertz CT molecular complexity index is 801. The lowest BCUT2D eigenvalue weighted by Crippen LogP contribution is -2.45. The van der Waals surface area contributed by atoms with Crippen LogP contribution in [0.25, 0.3) is 10.9 Å². The molecule has 1 aromatic heterocycles. The maximum atomic E-state index is 6.02. The lowest BCUT2D eigenvalue weighted by Gasteiger charge is -2.31. The van der Waals surface area contributed by atoms with E-state index in [0.717, 1.165) is 40.5 Å². The molecule has 0 radical (unpaired) electrons. The van der Waals surface area contributed by atoms with Crippen molar-refractivity contribution in [2.24, 2.45) is 0 Å². The molecule has 3 N–H and O–H groups in total. The Morgan fingerprint density at radius 2 is 2.14 bits per heavy atom. The number of hydrogen-bond donors (Lipinski definition) is 3. The van der Waals surface area contributed by atoms with E-state index in [9.17, 15) is 0 Å². The second-order valence-corrected chi connectivity index (χ2v) is 8.25. The zero-order valence-electron chi connectivity index (χ0n) is 16.5. The van der Waals surface area contributed by atoms with E-state index in [1.54, 1.807) is 5.49 Å². The second-order valence-electron chi connectivity index (χ2n) is 7.60. The monoisotopic (exact) mass is 419 g/mol. The molecule has 1 atom stereocenters. The van der Waals surface area contributed by atoms with Crippen LogP contribution in [0, 0.1) is 0 Å². The number of rotatable bonds is 6. The van der Waals surface area contributed by atoms with Gasteiger partial charge in [0.05, 0.1) is 17.9 Å². The van der Waals surface area contributed by atoms with E-state index in [1.165, 1.54) is 38.9 Å². The maximum absolute atomic E-state index is 6.02. The number of likely N-dealkylation sites (N-methyl/N-ethyl adjacent to an activating group) is 1. The van der Waals surface area contributed by atoms with Crippen LogP contribution in [-0.4, -0.2) is 59.5 Å². The van der Waals surface area contributed by atoms with Gasteiger partial charge in [-0.25, -0.2) is 0 Å². The summed E-state index contributed by atoms with van der Waals surface area (Å²) in [5, 5.41) is 8.73. The van der Waals surface area contributed by atoms with Gasteiger partial charge in [0.2, 0.25) is 0 Å². The van der Waals surface area contributed by atoms with E-state index in [1.807, 2.05) is 18.2 Å². The fourth-order valence-electron chi connectivity index (χ4n) is 3.49. The fourth-order valence-corrected chi connectivity index (χ4v) is 3.88. The van der Waals surface area contributed by atoms with Crippen molar-refractivity contribution in [2.75, 3.05) is 33.2 Å². The molecule has 0 bridgehead atoms. The number of hydrogen-bond acceptors (Lipinski definition) is 4. The molecule has 7 heteroatoms. The first-order valence-electron chi connectivity index (χ1n) is 9.88. The average Bonchev–Trinajstić information content (AvgIpc) is 3.01. The van der Waals surface area contributed by atoms with E-state index in [-0.39, 0.29) is 0 Å². The molecule has 0 saturated carbocycles. The normalized spacial score (nSPS) is 19.4. The number of aromatic amines is 1. The van der Waals surface area contributed by atoms with E-state index < -0.39 is 0 Å². The Morgan fingerprint density at radius 1 is 1.32 bits per heavy atom. The number of nitrogens with one attached hydrogen (secondary N) is 3. The first kappa shape index (κ1) is 21.0. The molecule has 1 unspecified atom stereocenters. The SMILES string of the molecule is C=C(NCc1cc2cc(Cl)ccc2[nH]1)NC1CCCN(C)C1.S=CN1CCC1. The largest absolute Gasteiger partial charge is 0.369 e. The first-order chi connectivity index (χ1) is 13.5. The van der Waals surface area contributed by atoms with E-state index in [2.05, 4.69) is 57.3 Å². The Kier molecular flexibility index (Phi) is 7.59. The van der Waals surface area contributed by atoms with Gasteiger partial charge in [-0.1, -0.05) is 30.4 Å². The third-order valence-electron chi connectivity index (χ3n) is 5.17. The number of piperidine rings is 1. The van der Waals surface area contributed by atoms with Crippen LogP contribution in [0.5, 0.6) is 0 Å². The number of thiocarbonyl (C=S) groups is 1. The molecule has 4 rings (SSSR count). The second kappa shape index (κ2) is 10.1. The summed E-state index contributed by atoms with van der Waals surface area (Å²) in [7, 11) is 2.17. The summed E-state index contributed by atoms with van der Waals surface area (Å²) in [6.45, 7) is 9.44. The van der Waals surface area contributed by atoms with Crippen molar-refractivity contribution in [1.82, 2.24) is 25.4 Å². The summed E-state index contributed by atoms with van der Waals surface area (Å²) in [4.78, 5) is 7.87. The van der Waals surface area contributed by atoms with Crippen LogP contribution in [0.4, 0.5) is 0 Å². The van der Waals surface area contributed by atoms with Crippen LogP contribution in [-0.2, 0) is 6.54 Å². The summed E-state index contributed by atoms with van der Waals surface area (Å²) in [6.07, 6.45) is 3.77. The van der Waals surface area contributed by atoms with Crippen molar-refractivity contribution in [3.8, 4) is 0 Å². The van der Waals surface area contributed by atoms with E-state index in [0.29, 0.717) is 6.04 Å². The van der Waals surface area contributed by atoms with Gasteiger partial charge in [-0.05, 0) is 57.1 Å². The molecule has 3 heterocycles. The van der Waals surface area contributed by atoms with E-state index in [4.69, 9.17) is 11.6 Å². The number of halogens is 1. The Labute approximate surface area is 178 Å². The smallest absolute Gasteiger partial charge is 0.0918 e. The number of aromatic nitrogens is 1. The van der Waals surface area contributed by atoms with Gasteiger partial charge in [0.1, 0.15) is 0 Å². The molecular formula is C21H30ClN5S. The third kappa shape index (κ3) is 6.12. The van der Waals surface area contributed by atoms with Crippen molar-refractivity contribution in [1.29, 1.82) is 0 Å². The van der Waals surface area contributed by atoms with Gasteiger partial charge in [0.25, 0.3) is 0 Å². The highest BCUT2D eigenvalue weighted by atomic mass is 35.5. The van der Waals surface area contributed by atoms with Crippen molar-refractivity contribution < 1.29 is 0 Å². The molecule has 2 saturated heterocycles. The molecular weight excluding hydrogens is 390 g/mol. The van der Waals surface area contributed by atoms with Crippen LogP contribution in [0.15, 0.2) is 36.7 Å². The average molecular weight is 420 g/mol. The molecule has 2 fully saturated rings. The zero-order chi connectivity index (χ0) is 19.9. The molecule has 0 amide bonds. The highest BCUT2D eigenvalue weighted by molar-refractivity contribution is 7.78. The minimum atomic E-state index is 0.486. The van der Waals surface area contributed by atoms with Gasteiger partial charge in [0, 0.05) is 47.3 Å². The first-order valence-corrected chi connectivity index (χ1v) is 10.7. The number of H-pyrrole nitrogens is 1. The predicted molar refractivity (Wildman–Crippen MR) is 123 cm³/mol. The zero-order valence-corrected chi connectivity index (χ0v) is 18.1. The molecule has 28 heavy (non-hydrogen) atoms. The summed E-state index contributed by atoms with van der Waals surface area (Å²) in [5.74, 6) is 0.886. The summed E-state index contributed by atoms with van der Waals surface area (Å²) in [5.41, 5.74) is 3.96. The van der Waals surface area contributed by atoms with Crippen LogP contribution in [0.1, 0.15) is 25.0 Å². The molecule has 152 valence electrons. The van der Waals surface area contributed by atoms with Gasteiger partial charge in [-0.2, -0.15) is 0 Å². The Morgan fingerprint density at radius 3 is 2.79 bits per heavy atom. The lowest BCUT2D eigenvalue weighted by atomic mass is 10.1. The molecule has 0 spiro atoms. The number of likely N-dealkylation sites (tertiary alicyclic amines) is 2. The van der Waals surface area contributed by atoms with Crippen LogP contribution >= 0.6 is 23.8 Å². The van der Waals surface area contributed by atoms with Gasteiger partial charge in [0.15, 0.2) is 0 Å². The van der Waals surface area contributed by atoms with Crippen LogP contribution in [0.3, 0.4) is 0 Å². The standard InChI is InChI=1S/C17H23ClN4.C4H7NS/c1-12(20-15-4-3-7-22(2)11-15)19-10-16-9-13-8-14(18)5-6-17(13)21-16;6-4-5-2-1-3-5/h5-6,8-9,15,19-21H,1,3-4,7,10-11H2,2H3;4H,1-3H2. The Balaban J connectivity index is 0.000000320. The molecule has 0 aliphatic carbocycles. The van der Waals surface area contributed by atoms with Crippen LogP contribution < -0.4 is 10.6 Å². The number of fused-ring (bicyclic) bond motifs is 1. The van der Waals surface area contributed by atoms with Crippen LogP contribution in [0.2, 0.25) is 5.02 Å². The minimum absolute atomic E-state index is 0.486. The predicted octanol–water partition coefficient (Wildman–Crippen LogP) is 3.72. The van der Waals surface area contributed by atoms with Gasteiger partial charge in [-0.15, -0.1) is 0 Å². The Hall–Kier alpha value is -1.76. The lowest BCUT2D eigenvalue weighted by molar-refractivity contribution is 0.233. The molecule has 2 aliphatic heterocycles. The number of benzene rings is 1. The van der Waals surface area contributed by atoms with E-state index >= 15 is 0 Å². The fraction of sp³-hybridized carbons (Fsp3) is 0.476. The number of nitrogens with zero attached hydrogens (tertiary/aromatic N) is 2. The molecule has 5 nitrogen and oxygen atoms in total. The van der Waals surface area contributed by atoms with Crippen molar-refractivity contribution >= 4 is 40.2 Å². The summed E-state index contributed by atoms with van der Waals surface area (Å²) in [6, 6.07) is 8.49. The topological polar surface area (TPSA) is 46.3 Å². The minimum Gasteiger partial charge on any atom is -0.369 e. The van der Waals surface area contributed by atoms with Gasteiger partial charge in [-0.3, -0.25) is 0 Å². The van der Waals surface area contributed by atoms with Crippen molar-refractivity contribution in [2.45, 2.75) is 31.8 Å². The van der Waals surface area contributed by atoms with Crippen molar-refractivity contribution in [3.63, 3.8) is 0 Å². The quantitative estimate of drug-likeness (QED) is 0.623. The maximum Gasteiger partial charge on any atom is 0.0918 e. The molecule has 2 aliphatic rings. The van der Waals surface area contributed by atoms with Gasteiger partial charge < -0.3 is 25.4 Å². The third-order valence-corrected chi connectivity index (χ3v) is 5.71. The molecule has 2 aromatic rings. The highest BCUT2D eigenvalue weighted by Gasteiger charge is 2.16. The summed E-state index contributed by atoms with van der Waals surface area (Å²) < 4.78 is 0. The highest BCUT2D eigenvalue weighted by Crippen LogP contribution is 2.20. The summed E-state index contributed by atoms with van der Waals surface area (Å²) >= 11 is 10.6. The molecule has 1 aromatic carbocycles. The van der Waals surface area contributed by atoms with Crippen molar-refractivity contribution in [3.05, 3.63) is 47.4 Å². The van der Waals surface area contributed by atoms with Gasteiger partial charge >= 0.3 is 0 Å².